The van der Waals surface area contributed by atoms with Gasteiger partial charge in [-0.3, -0.25) is 4.79 Å². The molecule has 106 valence electrons. The first-order chi connectivity index (χ1) is 9.69. The molecule has 0 radical (unpaired) electrons. The highest BCUT2D eigenvalue weighted by atomic mass is 16.1. The number of carbonyl (C=O) groups excluding carboxylic acids is 1. The SMILES string of the molecule is C=CCCC(=O)NCCCc1cnc2cc(C)nn2c1. The third kappa shape index (κ3) is 3.91. The van der Waals surface area contributed by atoms with Crippen molar-refractivity contribution in [3.8, 4) is 0 Å². The molecule has 0 atom stereocenters. The number of carbonyl (C=O) groups is 1. The quantitative estimate of drug-likeness (QED) is 0.620. The van der Waals surface area contributed by atoms with Crippen molar-refractivity contribution in [1.29, 1.82) is 0 Å². The molecule has 1 amide bonds. The summed E-state index contributed by atoms with van der Waals surface area (Å²) in [4.78, 5) is 15.8. The van der Waals surface area contributed by atoms with E-state index < -0.39 is 0 Å². The number of amides is 1. The molecule has 0 spiro atoms. The number of hydrogen-bond acceptors (Lipinski definition) is 3. The Morgan fingerprint density at radius 2 is 2.40 bits per heavy atom. The second-order valence-electron chi connectivity index (χ2n) is 4.83. The first-order valence-electron chi connectivity index (χ1n) is 6.87. The third-order valence-electron chi connectivity index (χ3n) is 3.03. The molecule has 1 N–H and O–H groups in total. The Morgan fingerprint density at radius 1 is 1.55 bits per heavy atom. The summed E-state index contributed by atoms with van der Waals surface area (Å²) in [5.74, 6) is 0.0844. The zero-order valence-electron chi connectivity index (χ0n) is 11.8. The van der Waals surface area contributed by atoms with Gasteiger partial charge in [-0.15, -0.1) is 6.58 Å². The van der Waals surface area contributed by atoms with Crippen LogP contribution in [-0.4, -0.2) is 27.0 Å². The molecule has 5 heteroatoms. The van der Waals surface area contributed by atoms with Crippen molar-refractivity contribution >= 4 is 11.6 Å². The second kappa shape index (κ2) is 6.84. The van der Waals surface area contributed by atoms with Crippen LogP contribution < -0.4 is 5.32 Å². The Bertz CT molecular complexity index is 603. The highest BCUT2D eigenvalue weighted by Gasteiger charge is 2.02. The Hall–Kier alpha value is -2.17. The van der Waals surface area contributed by atoms with Gasteiger partial charge in [0.05, 0.1) is 5.69 Å². The minimum Gasteiger partial charge on any atom is -0.356 e. The lowest BCUT2D eigenvalue weighted by Crippen LogP contribution is -2.24. The molecule has 0 saturated heterocycles. The Labute approximate surface area is 118 Å². The Morgan fingerprint density at radius 3 is 3.20 bits per heavy atom. The van der Waals surface area contributed by atoms with Gasteiger partial charge in [-0.1, -0.05) is 6.08 Å². The zero-order valence-corrected chi connectivity index (χ0v) is 11.8. The highest BCUT2D eigenvalue weighted by molar-refractivity contribution is 5.75. The molecule has 0 saturated carbocycles. The second-order valence-corrected chi connectivity index (χ2v) is 4.83. The van der Waals surface area contributed by atoms with Gasteiger partial charge in [0.15, 0.2) is 5.65 Å². The number of hydrogen-bond donors (Lipinski definition) is 1. The fourth-order valence-electron chi connectivity index (χ4n) is 2.00. The van der Waals surface area contributed by atoms with Gasteiger partial charge in [-0.2, -0.15) is 5.10 Å². The molecular formula is C15H20N4O. The minimum absolute atomic E-state index is 0.0844. The monoisotopic (exact) mass is 272 g/mol. The van der Waals surface area contributed by atoms with Crippen LogP contribution in [0.2, 0.25) is 0 Å². The van der Waals surface area contributed by atoms with Crippen LogP contribution in [0.1, 0.15) is 30.5 Å². The molecule has 2 aromatic rings. The molecule has 0 aliphatic heterocycles. The van der Waals surface area contributed by atoms with E-state index in [4.69, 9.17) is 0 Å². The van der Waals surface area contributed by atoms with Crippen LogP contribution in [0.5, 0.6) is 0 Å². The predicted octanol–water partition coefficient (Wildman–Crippen LogP) is 2.05. The lowest BCUT2D eigenvalue weighted by molar-refractivity contribution is -0.121. The fraction of sp³-hybridized carbons (Fsp3) is 0.400. The molecule has 2 heterocycles. The summed E-state index contributed by atoms with van der Waals surface area (Å²) in [5.41, 5.74) is 2.95. The highest BCUT2D eigenvalue weighted by Crippen LogP contribution is 2.06. The summed E-state index contributed by atoms with van der Waals surface area (Å²) in [6.45, 7) is 6.24. The number of allylic oxidation sites excluding steroid dienone is 1. The van der Waals surface area contributed by atoms with Crippen molar-refractivity contribution in [2.24, 2.45) is 0 Å². The molecule has 0 unspecified atom stereocenters. The first kappa shape index (κ1) is 14.2. The zero-order chi connectivity index (χ0) is 14.4. The molecule has 0 fully saturated rings. The van der Waals surface area contributed by atoms with Crippen molar-refractivity contribution < 1.29 is 4.79 Å². The van der Waals surface area contributed by atoms with E-state index in [9.17, 15) is 4.79 Å². The smallest absolute Gasteiger partial charge is 0.220 e. The lowest BCUT2D eigenvalue weighted by Gasteiger charge is -2.04. The minimum atomic E-state index is 0.0844. The summed E-state index contributed by atoms with van der Waals surface area (Å²) in [7, 11) is 0. The number of aryl methyl sites for hydroxylation is 2. The maximum absolute atomic E-state index is 11.4. The molecule has 0 aliphatic rings. The summed E-state index contributed by atoms with van der Waals surface area (Å²) < 4.78 is 1.80. The van der Waals surface area contributed by atoms with Gasteiger partial charge in [0.25, 0.3) is 0 Å². The molecule has 0 aliphatic carbocycles. The van der Waals surface area contributed by atoms with Gasteiger partial charge >= 0.3 is 0 Å². The van der Waals surface area contributed by atoms with Crippen molar-refractivity contribution in [3.05, 3.63) is 42.4 Å². The summed E-state index contributed by atoms with van der Waals surface area (Å²) in [5, 5.41) is 7.24. The number of rotatable bonds is 7. The van der Waals surface area contributed by atoms with Gasteiger partial charge in [0, 0.05) is 31.4 Å². The summed E-state index contributed by atoms with van der Waals surface area (Å²) in [6, 6.07) is 1.95. The summed E-state index contributed by atoms with van der Waals surface area (Å²) >= 11 is 0. The molecular weight excluding hydrogens is 252 g/mol. The molecule has 20 heavy (non-hydrogen) atoms. The Balaban J connectivity index is 1.78. The van der Waals surface area contributed by atoms with E-state index >= 15 is 0 Å². The van der Waals surface area contributed by atoms with E-state index in [2.05, 4.69) is 22.0 Å². The topological polar surface area (TPSA) is 59.3 Å². The molecule has 0 aromatic carbocycles. The van der Waals surface area contributed by atoms with Gasteiger partial charge in [-0.05, 0) is 31.7 Å². The van der Waals surface area contributed by atoms with Crippen LogP contribution in [-0.2, 0) is 11.2 Å². The molecule has 2 aromatic heterocycles. The van der Waals surface area contributed by atoms with E-state index in [1.165, 1.54) is 0 Å². The molecule has 0 bridgehead atoms. The standard InChI is InChI=1S/C15H20N4O/c1-3-4-7-15(20)16-8-5-6-13-10-17-14-9-12(2)18-19(14)11-13/h3,9-11H,1,4-8H2,2H3,(H,16,20). The third-order valence-corrected chi connectivity index (χ3v) is 3.03. The van der Waals surface area contributed by atoms with Crippen LogP contribution in [0.4, 0.5) is 0 Å². The van der Waals surface area contributed by atoms with Crippen molar-refractivity contribution in [2.45, 2.75) is 32.6 Å². The molecule has 5 nitrogen and oxygen atoms in total. The van der Waals surface area contributed by atoms with Gasteiger partial charge in [0.1, 0.15) is 0 Å². The van der Waals surface area contributed by atoms with Crippen molar-refractivity contribution in [2.75, 3.05) is 6.54 Å². The first-order valence-corrected chi connectivity index (χ1v) is 6.87. The maximum atomic E-state index is 11.4. The number of fused-ring (bicyclic) bond motifs is 1. The number of nitrogens with zero attached hydrogens (tertiary/aromatic N) is 3. The normalized spacial score (nSPS) is 10.7. The predicted molar refractivity (Wildman–Crippen MR) is 78.5 cm³/mol. The summed E-state index contributed by atoms with van der Waals surface area (Å²) in [6.07, 6.45) is 8.64. The van der Waals surface area contributed by atoms with Crippen LogP contribution >= 0.6 is 0 Å². The van der Waals surface area contributed by atoms with Crippen molar-refractivity contribution in [1.82, 2.24) is 19.9 Å². The Kier molecular flexibility index (Phi) is 4.87. The van der Waals surface area contributed by atoms with Crippen LogP contribution in [0.15, 0.2) is 31.1 Å². The van der Waals surface area contributed by atoms with E-state index in [-0.39, 0.29) is 5.91 Å². The molecule has 2 rings (SSSR count). The van der Waals surface area contributed by atoms with Crippen LogP contribution in [0.3, 0.4) is 0 Å². The number of nitrogens with one attached hydrogen (secondary N) is 1. The van der Waals surface area contributed by atoms with E-state index in [0.717, 1.165) is 36.2 Å². The van der Waals surface area contributed by atoms with Crippen LogP contribution in [0.25, 0.3) is 5.65 Å². The fourth-order valence-corrected chi connectivity index (χ4v) is 2.00. The van der Waals surface area contributed by atoms with E-state index in [1.807, 2.05) is 25.4 Å². The van der Waals surface area contributed by atoms with Gasteiger partial charge in [-0.25, -0.2) is 9.50 Å². The average molecular weight is 272 g/mol. The van der Waals surface area contributed by atoms with Crippen molar-refractivity contribution in [3.63, 3.8) is 0 Å². The van der Waals surface area contributed by atoms with Crippen LogP contribution in [0, 0.1) is 6.92 Å². The van der Waals surface area contributed by atoms with E-state index in [0.29, 0.717) is 13.0 Å². The van der Waals surface area contributed by atoms with Gasteiger partial charge < -0.3 is 5.32 Å². The largest absolute Gasteiger partial charge is 0.356 e. The van der Waals surface area contributed by atoms with E-state index in [1.54, 1.807) is 10.6 Å². The lowest BCUT2D eigenvalue weighted by atomic mass is 10.2. The van der Waals surface area contributed by atoms with Gasteiger partial charge in [0.2, 0.25) is 5.91 Å². The average Bonchev–Trinajstić information content (AvgIpc) is 2.80. The maximum Gasteiger partial charge on any atom is 0.220 e. The number of aromatic nitrogens is 3.